The molecule has 24 heavy (non-hydrogen) atoms. The Bertz CT molecular complexity index is 950. The summed E-state index contributed by atoms with van der Waals surface area (Å²) in [5.74, 6) is -1.45. The lowest BCUT2D eigenvalue weighted by molar-refractivity contribution is -0.159. The molecule has 1 aromatic heterocycles. The van der Waals surface area contributed by atoms with Crippen LogP contribution >= 0.6 is 11.8 Å². The summed E-state index contributed by atoms with van der Waals surface area (Å²) in [6.07, 6.45) is -2.92. The molecule has 0 spiro atoms. The highest BCUT2D eigenvalue weighted by Gasteiger charge is 2.38. The van der Waals surface area contributed by atoms with E-state index in [1.54, 1.807) is 24.4 Å². The predicted octanol–water partition coefficient (Wildman–Crippen LogP) is 4.97. The van der Waals surface area contributed by atoms with Gasteiger partial charge in [-0.1, -0.05) is 41.2 Å². The lowest BCUT2D eigenvalue weighted by Gasteiger charge is -2.05. The molecule has 0 radical (unpaired) electrons. The van der Waals surface area contributed by atoms with Gasteiger partial charge in [-0.25, -0.2) is 0 Å². The molecular weight excluding hydrogens is 339 g/mol. The van der Waals surface area contributed by atoms with Gasteiger partial charge in [-0.15, -0.1) is 0 Å². The van der Waals surface area contributed by atoms with Gasteiger partial charge in [0.1, 0.15) is 0 Å². The fourth-order valence-corrected chi connectivity index (χ4v) is 3.27. The maximum Gasteiger partial charge on any atom is 0.471 e. The Morgan fingerprint density at radius 2 is 1.83 bits per heavy atom. The minimum atomic E-state index is -4.66. The van der Waals surface area contributed by atoms with Crippen molar-refractivity contribution < 1.29 is 17.7 Å². The molecule has 0 atom stereocenters. The van der Waals surface area contributed by atoms with Crippen LogP contribution < -0.4 is 0 Å². The second-order valence-corrected chi connectivity index (χ2v) is 6.09. The van der Waals surface area contributed by atoms with Gasteiger partial charge in [0.2, 0.25) is 5.82 Å². The Morgan fingerprint density at radius 3 is 2.62 bits per heavy atom. The van der Waals surface area contributed by atoms with Crippen molar-refractivity contribution in [3.8, 4) is 11.4 Å². The molecule has 1 aliphatic heterocycles. The van der Waals surface area contributed by atoms with Crippen LogP contribution in [-0.2, 0) is 6.18 Å². The highest BCUT2D eigenvalue weighted by molar-refractivity contribution is 7.99. The summed E-state index contributed by atoms with van der Waals surface area (Å²) in [4.78, 5) is 9.67. The molecule has 8 heteroatoms. The molecule has 0 aliphatic carbocycles. The fourth-order valence-electron chi connectivity index (χ4n) is 2.23. The summed E-state index contributed by atoms with van der Waals surface area (Å²) in [6, 6.07) is 12.8. The van der Waals surface area contributed by atoms with Crippen molar-refractivity contribution in [3.63, 3.8) is 0 Å². The lowest BCUT2D eigenvalue weighted by Crippen LogP contribution is -2.04. The van der Waals surface area contributed by atoms with Crippen LogP contribution in [0.3, 0.4) is 0 Å². The first-order valence-corrected chi connectivity index (χ1v) is 7.69. The average Bonchev–Trinajstić information content (AvgIpc) is 2.98. The van der Waals surface area contributed by atoms with Crippen molar-refractivity contribution in [2.45, 2.75) is 16.0 Å². The molecule has 2 aromatic carbocycles. The first-order valence-electron chi connectivity index (χ1n) is 6.87. The van der Waals surface area contributed by atoms with E-state index in [9.17, 15) is 13.2 Å². The molecule has 2 heterocycles. The predicted molar refractivity (Wildman–Crippen MR) is 82.6 cm³/mol. The second-order valence-electron chi connectivity index (χ2n) is 5.00. The number of hydrogen-bond acceptors (Lipinski definition) is 5. The van der Waals surface area contributed by atoms with Crippen LogP contribution in [-0.4, -0.2) is 16.4 Å². The van der Waals surface area contributed by atoms with E-state index < -0.39 is 12.1 Å². The largest absolute Gasteiger partial charge is 0.471 e. The van der Waals surface area contributed by atoms with Gasteiger partial charge in [0, 0.05) is 27.1 Å². The van der Waals surface area contributed by atoms with Crippen molar-refractivity contribution in [1.29, 1.82) is 0 Å². The molecule has 0 unspecified atom stereocenters. The third kappa shape index (κ3) is 2.69. The van der Waals surface area contributed by atoms with E-state index in [4.69, 9.17) is 0 Å². The summed E-state index contributed by atoms with van der Waals surface area (Å²) in [7, 11) is 0. The van der Waals surface area contributed by atoms with Gasteiger partial charge in [0.15, 0.2) is 0 Å². The number of benzene rings is 2. The van der Waals surface area contributed by atoms with Crippen LogP contribution in [0, 0.1) is 0 Å². The highest BCUT2D eigenvalue weighted by Crippen LogP contribution is 2.40. The lowest BCUT2D eigenvalue weighted by atomic mass is 10.1. The smallest absolute Gasteiger partial charge is 0.329 e. The number of nitrogens with zero attached hydrogens (tertiary/aromatic N) is 3. The third-order valence-corrected chi connectivity index (χ3v) is 4.51. The van der Waals surface area contributed by atoms with Crippen LogP contribution in [0.2, 0.25) is 0 Å². The molecule has 0 fully saturated rings. The van der Waals surface area contributed by atoms with Crippen molar-refractivity contribution in [1.82, 2.24) is 10.1 Å². The maximum atomic E-state index is 12.6. The molecule has 0 saturated carbocycles. The molecule has 4 nitrogen and oxygen atoms in total. The van der Waals surface area contributed by atoms with Gasteiger partial charge in [-0.05, 0) is 18.2 Å². The zero-order valence-electron chi connectivity index (χ0n) is 11.9. The quantitative estimate of drug-likeness (QED) is 0.488. The van der Waals surface area contributed by atoms with Gasteiger partial charge < -0.3 is 4.52 Å². The van der Waals surface area contributed by atoms with Crippen LogP contribution in [0.4, 0.5) is 18.9 Å². The van der Waals surface area contributed by atoms with Crippen LogP contribution in [0.15, 0.2) is 61.8 Å². The third-order valence-electron chi connectivity index (χ3n) is 3.37. The first-order chi connectivity index (χ1) is 11.5. The number of para-hydroxylation sites is 1. The number of fused-ring (bicyclic) bond motifs is 2. The van der Waals surface area contributed by atoms with E-state index in [2.05, 4.69) is 19.7 Å². The van der Waals surface area contributed by atoms with Crippen LogP contribution in [0.25, 0.3) is 11.4 Å². The standard InChI is InChI=1S/C16H8F3N3OS/c17-16(18,19)15-21-14(22-23-15)9-5-6-10-8-20-11-3-1-2-4-12(11)24-13(10)7-9/h1-8H. The van der Waals surface area contributed by atoms with E-state index in [0.29, 0.717) is 5.56 Å². The molecule has 120 valence electrons. The number of aliphatic imine (C=N–C) groups is 1. The van der Waals surface area contributed by atoms with Crippen molar-refractivity contribution in [3.05, 3.63) is 53.9 Å². The van der Waals surface area contributed by atoms with Crippen molar-refractivity contribution in [2.24, 2.45) is 4.99 Å². The topological polar surface area (TPSA) is 51.3 Å². The Morgan fingerprint density at radius 1 is 1.00 bits per heavy atom. The molecule has 3 aromatic rings. The first kappa shape index (κ1) is 14.9. The van der Waals surface area contributed by atoms with Gasteiger partial charge in [0.25, 0.3) is 0 Å². The summed E-state index contributed by atoms with van der Waals surface area (Å²) < 4.78 is 42.1. The van der Waals surface area contributed by atoms with Gasteiger partial charge >= 0.3 is 12.1 Å². The van der Waals surface area contributed by atoms with E-state index in [1.807, 2.05) is 24.3 Å². The molecule has 0 N–H and O–H groups in total. The van der Waals surface area contributed by atoms with Gasteiger partial charge in [0.05, 0.1) is 5.69 Å². The molecule has 0 bridgehead atoms. The highest BCUT2D eigenvalue weighted by atomic mass is 32.2. The van der Waals surface area contributed by atoms with E-state index in [-0.39, 0.29) is 5.82 Å². The SMILES string of the molecule is FC(F)(F)c1nc(-c2ccc3c(c2)Sc2ccccc2N=C3)no1. The Hall–Kier alpha value is -2.61. The van der Waals surface area contributed by atoms with E-state index in [0.717, 1.165) is 21.0 Å². The van der Waals surface area contributed by atoms with Gasteiger partial charge in [-0.2, -0.15) is 18.2 Å². The molecule has 0 saturated heterocycles. The fraction of sp³-hybridized carbons (Fsp3) is 0.0625. The van der Waals surface area contributed by atoms with Crippen molar-refractivity contribution >= 4 is 23.7 Å². The number of halogens is 3. The number of rotatable bonds is 1. The number of hydrogen-bond donors (Lipinski definition) is 0. The summed E-state index contributed by atoms with van der Waals surface area (Å²) >= 11 is 1.49. The summed E-state index contributed by atoms with van der Waals surface area (Å²) in [5, 5.41) is 3.42. The molecular formula is C16H8F3N3OS. The molecule has 1 aliphatic rings. The Balaban J connectivity index is 1.74. The van der Waals surface area contributed by atoms with E-state index in [1.165, 1.54) is 11.8 Å². The minimum absolute atomic E-state index is 0.0970. The second kappa shape index (κ2) is 5.48. The van der Waals surface area contributed by atoms with Crippen molar-refractivity contribution in [2.75, 3.05) is 0 Å². The van der Waals surface area contributed by atoms with E-state index >= 15 is 0 Å². The Labute approximate surface area is 138 Å². The van der Waals surface area contributed by atoms with Gasteiger partial charge in [-0.3, -0.25) is 4.99 Å². The van der Waals surface area contributed by atoms with Crippen LogP contribution in [0.1, 0.15) is 11.5 Å². The Kier molecular flexibility index (Phi) is 3.42. The summed E-state index contributed by atoms with van der Waals surface area (Å²) in [5.41, 5.74) is 2.17. The number of alkyl halides is 3. The normalized spacial score (nSPS) is 13.3. The maximum absolute atomic E-state index is 12.6. The molecule has 0 amide bonds. The summed E-state index contributed by atoms with van der Waals surface area (Å²) in [6.45, 7) is 0. The zero-order valence-corrected chi connectivity index (χ0v) is 12.7. The zero-order chi connectivity index (χ0) is 16.7. The van der Waals surface area contributed by atoms with Crippen LogP contribution in [0.5, 0.6) is 0 Å². The monoisotopic (exact) mass is 347 g/mol. The number of aromatic nitrogens is 2. The molecule has 4 rings (SSSR count). The minimum Gasteiger partial charge on any atom is -0.329 e. The average molecular weight is 347 g/mol.